The first-order valence-corrected chi connectivity index (χ1v) is 4.44. The number of nitriles is 1. The van der Waals surface area contributed by atoms with Crippen molar-refractivity contribution >= 4 is 29.2 Å². The Hall–Kier alpha value is -1.31. The average Bonchev–Trinajstić information content (AvgIpc) is 2.23. The van der Waals surface area contributed by atoms with E-state index in [2.05, 4.69) is 4.74 Å². The van der Waals surface area contributed by atoms with Crippen LogP contribution >= 0.6 is 23.2 Å². The summed E-state index contributed by atoms with van der Waals surface area (Å²) in [4.78, 5) is 11.1. The topological polar surface area (TPSA) is 50.1 Å². The van der Waals surface area contributed by atoms with Gasteiger partial charge in [-0.3, -0.25) is 0 Å². The number of carbonyl (C=O) groups is 1. The molecule has 1 aromatic rings. The average molecular weight is 248 g/mol. The lowest BCUT2D eigenvalue weighted by Crippen LogP contribution is -2.04. The molecule has 0 heterocycles. The molecule has 78 valence electrons. The van der Waals surface area contributed by atoms with E-state index in [-0.39, 0.29) is 16.1 Å². The van der Waals surface area contributed by atoms with Crippen LogP contribution in [0.2, 0.25) is 10.0 Å². The summed E-state index contributed by atoms with van der Waals surface area (Å²) in [6, 6.07) is 2.44. The van der Waals surface area contributed by atoms with Crippen LogP contribution in [0, 0.1) is 17.1 Å². The van der Waals surface area contributed by atoms with Crippen molar-refractivity contribution in [3.05, 3.63) is 33.1 Å². The first kappa shape index (κ1) is 11.8. The summed E-state index contributed by atoms with van der Waals surface area (Å²) < 4.78 is 17.5. The molecule has 0 aliphatic carbocycles. The van der Waals surface area contributed by atoms with Gasteiger partial charge in [-0.1, -0.05) is 23.2 Å². The number of hydrogen-bond acceptors (Lipinski definition) is 3. The highest BCUT2D eigenvalue weighted by Gasteiger charge is 2.20. The molecule has 0 bridgehead atoms. The Bertz CT molecular complexity index is 468. The molecule has 0 amide bonds. The van der Waals surface area contributed by atoms with Crippen LogP contribution < -0.4 is 0 Å². The van der Waals surface area contributed by atoms with E-state index in [0.29, 0.717) is 0 Å². The van der Waals surface area contributed by atoms with Gasteiger partial charge in [0.25, 0.3) is 0 Å². The first-order valence-electron chi connectivity index (χ1n) is 3.68. The maximum absolute atomic E-state index is 13.2. The predicted octanol–water partition coefficient (Wildman–Crippen LogP) is 2.79. The van der Waals surface area contributed by atoms with Crippen molar-refractivity contribution in [1.82, 2.24) is 0 Å². The quantitative estimate of drug-likeness (QED) is 0.567. The molecule has 15 heavy (non-hydrogen) atoms. The van der Waals surface area contributed by atoms with Gasteiger partial charge in [-0.15, -0.1) is 0 Å². The van der Waals surface area contributed by atoms with Crippen LogP contribution in [0.5, 0.6) is 0 Å². The Kier molecular flexibility index (Phi) is 3.51. The van der Waals surface area contributed by atoms with E-state index in [0.717, 1.165) is 13.2 Å². The minimum atomic E-state index is -0.891. The van der Waals surface area contributed by atoms with Crippen LogP contribution in [0.4, 0.5) is 4.39 Å². The molecule has 0 saturated heterocycles. The van der Waals surface area contributed by atoms with Gasteiger partial charge in [0, 0.05) is 0 Å². The van der Waals surface area contributed by atoms with Crippen LogP contribution in [0.1, 0.15) is 15.9 Å². The molecule has 0 atom stereocenters. The van der Waals surface area contributed by atoms with Gasteiger partial charge in [-0.05, 0) is 6.07 Å². The molecule has 3 nitrogen and oxygen atoms in total. The molecule has 0 fully saturated rings. The Morgan fingerprint density at radius 2 is 2.13 bits per heavy atom. The smallest absolute Gasteiger partial charge is 0.339 e. The maximum Gasteiger partial charge on any atom is 0.339 e. The van der Waals surface area contributed by atoms with E-state index in [1.54, 1.807) is 6.07 Å². The van der Waals surface area contributed by atoms with Gasteiger partial charge in [0.15, 0.2) is 0 Å². The van der Waals surface area contributed by atoms with Gasteiger partial charge in [0.05, 0.1) is 28.3 Å². The van der Waals surface area contributed by atoms with Crippen molar-refractivity contribution in [2.75, 3.05) is 7.11 Å². The summed E-state index contributed by atoms with van der Waals surface area (Å²) in [5, 5.41) is 8.05. The second-order valence-electron chi connectivity index (χ2n) is 2.51. The molecule has 1 rings (SSSR count). The number of ether oxygens (including phenoxy) is 1. The normalized spacial score (nSPS) is 9.53. The lowest BCUT2D eigenvalue weighted by molar-refractivity contribution is 0.0600. The fourth-order valence-electron chi connectivity index (χ4n) is 0.961. The van der Waals surface area contributed by atoms with Crippen molar-refractivity contribution in [3.63, 3.8) is 0 Å². The third-order valence-corrected chi connectivity index (χ3v) is 2.44. The number of hydrogen-bond donors (Lipinski definition) is 0. The molecule has 0 unspecified atom stereocenters. The van der Waals surface area contributed by atoms with Crippen LogP contribution in [-0.2, 0) is 4.74 Å². The molecule has 0 saturated carbocycles. The Morgan fingerprint density at radius 1 is 1.53 bits per heavy atom. The minimum absolute atomic E-state index is 0.212. The van der Waals surface area contributed by atoms with Crippen molar-refractivity contribution in [2.24, 2.45) is 0 Å². The van der Waals surface area contributed by atoms with E-state index < -0.39 is 16.8 Å². The number of rotatable bonds is 1. The van der Waals surface area contributed by atoms with E-state index in [1.807, 2.05) is 0 Å². The highest BCUT2D eigenvalue weighted by atomic mass is 35.5. The van der Waals surface area contributed by atoms with Gasteiger partial charge in [0.1, 0.15) is 11.9 Å². The van der Waals surface area contributed by atoms with Gasteiger partial charge < -0.3 is 4.74 Å². The monoisotopic (exact) mass is 247 g/mol. The maximum atomic E-state index is 13.2. The van der Waals surface area contributed by atoms with Gasteiger partial charge in [-0.25, -0.2) is 9.18 Å². The molecule has 0 radical (unpaired) electrons. The van der Waals surface area contributed by atoms with Crippen molar-refractivity contribution in [2.45, 2.75) is 0 Å². The fraction of sp³-hybridized carbons (Fsp3) is 0.111. The van der Waals surface area contributed by atoms with E-state index in [9.17, 15) is 9.18 Å². The molecular weight excluding hydrogens is 244 g/mol. The number of carbonyl (C=O) groups excluding carboxylic acids is 1. The van der Waals surface area contributed by atoms with Crippen molar-refractivity contribution < 1.29 is 13.9 Å². The third kappa shape index (κ3) is 2.04. The fourth-order valence-corrected chi connectivity index (χ4v) is 1.47. The van der Waals surface area contributed by atoms with Gasteiger partial charge in [0.2, 0.25) is 0 Å². The predicted molar refractivity (Wildman–Crippen MR) is 52.5 cm³/mol. The molecular formula is C9H4Cl2FNO2. The van der Waals surface area contributed by atoms with Gasteiger partial charge >= 0.3 is 5.97 Å². The zero-order chi connectivity index (χ0) is 11.6. The molecule has 0 aliphatic rings. The molecule has 0 aliphatic heterocycles. The Labute approximate surface area is 95.0 Å². The second kappa shape index (κ2) is 4.47. The van der Waals surface area contributed by atoms with Crippen molar-refractivity contribution in [3.8, 4) is 6.07 Å². The SMILES string of the molecule is COC(=O)c1cc(F)c(Cl)c(C#N)c1Cl. The number of benzene rings is 1. The van der Waals surface area contributed by atoms with Crippen molar-refractivity contribution in [1.29, 1.82) is 5.26 Å². The summed E-state index contributed by atoms with van der Waals surface area (Å²) in [6.07, 6.45) is 0. The summed E-state index contributed by atoms with van der Waals surface area (Å²) in [5.41, 5.74) is -0.503. The van der Waals surface area contributed by atoms with Crippen LogP contribution in [-0.4, -0.2) is 13.1 Å². The molecule has 0 aromatic heterocycles. The number of methoxy groups -OCH3 is 1. The number of halogens is 3. The Morgan fingerprint density at radius 3 is 2.60 bits per heavy atom. The number of nitrogens with zero attached hydrogens (tertiary/aromatic N) is 1. The zero-order valence-electron chi connectivity index (χ0n) is 7.47. The molecule has 0 N–H and O–H groups in total. The van der Waals surface area contributed by atoms with E-state index in [4.69, 9.17) is 28.5 Å². The summed E-state index contributed by atoms with van der Waals surface area (Å²) in [5.74, 6) is -1.72. The number of esters is 1. The third-order valence-electron chi connectivity index (χ3n) is 1.67. The molecule has 1 aromatic carbocycles. The largest absolute Gasteiger partial charge is 0.465 e. The Balaban J connectivity index is 3.52. The summed E-state index contributed by atoms with van der Waals surface area (Å²) in [7, 11) is 1.12. The van der Waals surface area contributed by atoms with E-state index >= 15 is 0 Å². The van der Waals surface area contributed by atoms with Crippen LogP contribution in [0.3, 0.4) is 0 Å². The first-order chi connectivity index (χ1) is 7.02. The van der Waals surface area contributed by atoms with Gasteiger partial charge in [-0.2, -0.15) is 5.26 Å². The molecule has 6 heteroatoms. The standard InChI is InChI=1S/C9H4Cl2FNO2/c1-15-9(14)4-2-6(12)8(11)5(3-13)7(4)10/h2H,1H3. The van der Waals surface area contributed by atoms with Crippen LogP contribution in [0.15, 0.2) is 6.07 Å². The second-order valence-corrected chi connectivity index (χ2v) is 3.27. The molecule has 0 spiro atoms. The lowest BCUT2D eigenvalue weighted by atomic mass is 10.1. The lowest BCUT2D eigenvalue weighted by Gasteiger charge is -2.05. The minimum Gasteiger partial charge on any atom is -0.465 e. The summed E-state index contributed by atoms with van der Waals surface area (Å²) in [6.45, 7) is 0. The summed E-state index contributed by atoms with van der Waals surface area (Å²) >= 11 is 11.2. The van der Waals surface area contributed by atoms with E-state index in [1.165, 1.54) is 0 Å². The van der Waals surface area contributed by atoms with Crippen LogP contribution in [0.25, 0.3) is 0 Å². The highest BCUT2D eigenvalue weighted by molar-refractivity contribution is 6.38. The zero-order valence-corrected chi connectivity index (χ0v) is 8.99. The highest BCUT2D eigenvalue weighted by Crippen LogP contribution is 2.30.